The number of anilines is 1. The molecule has 1 unspecified atom stereocenters. The van der Waals surface area contributed by atoms with Gasteiger partial charge in [0, 0.05) is 38.1 Å². The smallest absolute Gasteiger partial charge is 0.370 e. The predicted molar refractivity (Wildman–Crippen MR) is 88.4 cm³/mol. The van der Waals surface area contributed by atoms with Crippen LogP contribution in [0.1, 0.15) is 22.5 Å². The van der Waals surface area contributed by atoms with Gasteiger partial charge in [0.25, 0.3) is 5.91 Å². The molecule has 3 rings (SSSR count). The summed E-state index contributed by atoms with van der Waals surface area (Å²) >= 11 is 0. The van der Waals surface area contributed by atoms with Crippen molar-refractivity contribution in [1.82, 2.24) is 9.88 Å². The molecule has 1 atom stereocenters. The number of likely N-dealkylation sites (N-methyl/N-ethyl adjacent to an activating group) is 1. The Balaban J connectivity index is 1.66. The van der Waals surface area contributed by atoms with Crippen LogP contribution in [0.15, 0.2) is 48.7 Å². The van der Waals surface area contributed by atoms with Gasteiger partial charge in [0.05, 0.1) is 5.56 Å². The highest BCUT2D eigenvalue weighted by molar-refractivity contribution is 5.92. The molecule has 0 aliphatic carbocycles. The SMILES string of the molecule is CN(c1ccccc1)C1CCN(C(=O)c2ccc(C(F)(F)F)cn2)C1. The van der Waals surface area contributed by atoms with Gasteiger partial charge in [-0.25, -0.2) is 0 Å². The summed E-state index contributed by atoms with van der Waals surface area (Å²) in [6.45, 7) is 1.08. The van der Waals surface area contributed by atoms with Crippen molar-refractivity contribution in [3.63, 3.8) is 0 Å². The molecule has 0 N–H and O–H groups in total. The van der Waals surface area contributed by atoms with E-state index in [1.54, 1.807) is 4.90 Å². The van der Waals surface area contributed by atoms with E-state index in [4.69, 9.17) is 0 Å². The van der Waals surface area contributed by atoms with E-state index in [1.165, 1.54) is 0 Å². The summed E-state index contributed by atoms with van der Waals surface area (Å²) in [5.41, 5.74) is 0.248. The van der Waals surface area contributed by atoms with Crippen LogP contribution in [0, 0.1) is 0 Å². The van der Waals surface area contributed by atoms with Gasteiger partial charge in [-0.05, 0) is 30.7 Å². The largest absolute Gasteiger partial charge is 0.417 e. The van der Waals surface area contributed by atoms with Gasteiger partial charge in [-0.15, -0.1) is 0 Å². The quantitative estimate of drug-likeness (QED) is 0.852. The van der Waals surface area contributed by atoms with Crippen molar-refractivity contribution in [3.05, 3.63) is 59.9 Å². The predicted octanol–water partition coefficient (Wildman–Crippen LogP) is 3.45. The molecule has 0 radical (unpaired) electrons. The van der Waals surface area contributed by atoms with Crippen LogP contribution >= 0.6 is 0 Å². The molecule has 0 bridgehead atoms. The van der Waals surface area contributed by atoms with E-state index in [1.807, 2.05) is 37.4 Å². The molecular formula is C18H18F3N3O. The summed E-state index contributed by atoms with van der Waals surface area (Å²) < 4.78 is 37.7. The zero-order valence-electron chi connectivity index (χ0n) is 13.7. The Kier molecular flexibility index (Phi) is 4.65. The topological polar surface area (TPSA) is 36.4 Å². The Morgan fingerprint density at radius 3 is 2.52 bits per heavy atom. The molecule has 1 aliphatic rings. The van der Waals surface area contributed by atoms with Crippen molar-refractivity contribution in [2.24, 2.45) is 0 Å². The molecule has 2 heterocycles. The Morgan fingerprint density at radius 2 is 1.92 bits per heavy atom. The van der Waals surface area contributed by atoms with Gasteiger partial charge in [0.15, 0.2) is 0 Å². The number of alkyl halides is 3. The highest BCUT2D eigenvalue weighted by Gasteiger charge is 2.33. The summed E-state index contributed by atoms with van der Waals surface area (Å²) in [6.07, 6.45) is -2.94. The van der Waals surface area contributed by atoms with Crippen LogP contribution < -0.4 is 4.90 Å². The second-order valence-corrected chi connectivity index (χ2v) is 6.07. The lowest BCUT2D eigenvalue weighted by molar-refractivity contribution is -0.137. The van der Waals surface area contributed by atoms with E-state index in [-0.39, 0.29) is 17.6 Å². The third kappa shape index (κ3) is 3.75. The van der Waals surface area contributed by atoms with Crippen LogP contribution in [-0.2, 0) is 6.18 Å². The number of hydrogen-bond donors (Lipinski definition) is 0. The number of hydrogen-bond acceptors (Lipinski definition) is 3. The minimum absolute atomic E-state index is 0.0380. The number of nitrogens with zero attached hydrogens (tertiary/aromatic N) is 3. The van der Waals surface area contributed by atoms with Crippen LogP contribution in [0.25, 0.3) is 0 Å². The standard InChI is InChI=1S/C18H18F3N3O/c1-23(14-5-3-2-4-6-14)15-9-10-24(12-15)17(25)16-8-7-13(11-22-16)18(19,20)21/h2-8,11,15H,9-10,12H2,1H3. The van der Waals surface area contributed by atoms with Gasteiger partial charge in [0.1, 0.15) is 5.69 Å². The van der Waals surface area contributed by atoms with Gasteiger partial charge in [-0.2, -0.15) is 13.2 Å². The molecule has 0 spiro atoms. The van der Waals surface area contributed by atoms with E-state index in [2.05, 4.69) is 9.88 Å². The average Bonchev–Trinajstić information content (AvgIpc) is 3.10. The molecular weight excluding hydrogens is 331 g/mol. The van der Waals surface area contributed by atoms with E-state index >= 15 is 0 Å². The van der Waals surface area contributed by atoms with Crippen LogP contribution in [0.4, 0.5) is 18.9 Å². The van der Waals surface area contributed by atoms with Crippen LogP contribution in [-0.4, -0.2) is 42.0 Å². The lowest BCUT2D eigenvalue weighted by Crippen LogP contribution is -2.36. The Hall–Kier alpha value is -2.57. The Morgan fingerprint density at radius 1 is 1.20 bits per heavy atom. The second-order valence-electron chi connectivity index (χ2n) is 6.07. The lowest BCUT2D eigenvalue weighted by atomic mass is 10.2. The molecule has 1 aliphatic heterocycles. The lowest BCUT2D eigenvalue weighted by Gasteiger charge is -2.26. The van der Waals surface area contributed by atoms with Gasteiger partial charge < -0.3 is 9.80 Å². The minimum atomic E-state index is -4.45. The maximum atomic E-state index is 12.6. The van der Waals surface area contributed by atoms with Gasteiger partial charge >= 0.3 is 6.18 Å². The van der Waals surface area contributed by atoms with Crippen molar-refractivity contribution in [2.45, 2.75) is 18.6 Å². The molecule has 1 aromatic heterocycles. The first-order valence-corrected chi connectivity index (χ1v) is 7.96. The number of amides is 1. The van der Waals surface area contributed by atoms with E-state index < -0.39 is 11.7 Å². The zero-order chi connectivity index (χ0) is 18.0. The molecule has 1 fully saturated rings. The summed E-state index contributed by atoms with van der Waals surface area (Å²) in [6, 6.07) is 12.1. The number of likely N-dealkylation sites (tertiary alicyclic amines) is 1. The monoisotopic (exact) mass is 349 g/mol. The molecule has 132 valence electrons. The summed E-state index contributed by atoms with van der Waals surface area (Å²) in [4.78, 5) is 19.9. The molecule has 0 saturated carbocycles. The first kappa shape index (κ1) is 17.3. The number of pyridine rings is 1. The maximum Gasteiger partial charge on any atom is 0.417 e. The van der Waals surface area contributed by atoms with Crippen molar-refractivity contribution < 1.29 is 18.0 Å². The van der Waals surface area contributed by atoms with Crippen molar-refractivity contribution in [3.8, 4) is 0 Å². The first-order chi connectivity index (χ1) is 11.9. The fourth-order valence-corrected chi connectivity index (χ4v) is 2.97. The third-order valence-corrected chi connectivity index (χ3v) is 4.47. The summed E-state index contributed by atoms with van der Waals surface area (Å²) in [5, 5.41) is 0. The van der Waals surface area contributed by atoms with E-state index in [0.717, 1.165) is 24.2 Å². The second kappa shape index (κ2) is 6.74. The van der Waals surface area contributed by atoms with Crippen molar-refractivity contribution in [2.75, 3.05) is 25.0 Å². The number of halogens is 3. The Labute approximate surface area is 143 Å². The molecule has 2 aromatic rings. The van der Waals surface area contributed by atoms with Gasteiger partial charge in [-0.3, -0.25) is 9.78 Å². The molecule has 7 heteroatoms. The highest BCUT2D eigenvalue weighted by Crippen LogP contribution is 2.28. The van der Waals surface area contributed by atoms with Gasteiger partial charge in [0.2, 0.25) is 0 Å². The zero-order valence-corrected chi connectivity index (χ0v) is 13.7. The van der Waals surface area contributed by atoms with E-state index in [9.17, 15) is 18.0 Å². The number of benzene rings is 1. The molecule has 1 saturated heterocycles. The number of rotatable bonds is 3. The number of para-hydroxylation sites is 1. The summed E-state index contributed by atoms with van der Waals surface area (Å²) in [5.74, 6) is -0.335. The van der Waals surface area contributed by atoms with Crippen LogP contribution in [0.2, 0.25) is 0 Å². The fraction of sp³-hybridized carbons (Fsp3) is 0.333. The fourth-order valence-electron chi connectivity index (χ4n) is 2.97. The van der Waals surface area contributed by atoms with Crippen LogP contribution in [0.5, 0.6) is 0 Å². The van der Waals surface area contributed by atoms with Crippen molar-refractivity contribution in [1.29, 1.82) is 0 Å². The molecule has 25 heavy (non-hydrogen) atoms. The maximum absolute atomic E-state index is 12.6. The van der Waals surface area contributed by atoms with E-state index in [0.29, 0.717) is 19.3 Å². The Bertz CT molecular complexity index is 731. The first-order valence-electron chi connectivity index (χ1n) is 7.96. The number of carbonyl (C=O) groups excluding carboxylic acids is 1. The molecule has 4 nitrogen and oxygen atoms in total. The highest BCUT2D eigenvalue weighted by atomic mass is 19.4. The normalized spacial score (nSPS) is 17.6. The number of carbonyl (C=O) groups is 1. The minimum Gasteiger partial charge on any atom is -0.370 e. The van der Waals surface area contributed by atoms with Crippen LogP contribution in [0.3, 0.4) is 0 Å². The molecule has 1 amide bonds. The average molecular weight is 349 g/mol. The molecule has 1 aromatic carbocycles. The summed E-state index contributed by atoms with van der Waals surface area (Å²) in [7, 11) is 1.98. The number of aromatic nitrogens is 1. The van der Waals surface area contributed by atoms with Gasteiger partial charge in [-0.1, -0.05) is 18.2 Å². The third-order valence-electron chi connectivity index (χ3n) is 4.47. The van der Waals surface area contributed by atoms with Crippen molar-refractivity contribution >= 4 is 11.6 Å².